The second-order valence-corrected chi connectivity index (χ2v) is 4.85. The molecule has 0 fully saturated rings. The first-order chi connectivity index (χ1) is 10.7. The van der Waals surface area contributed by atoms with E-state index in [9.17, 15) is 22.8 Å². The van der Waals surface area contributed by atoms with E-state index in [0.717, 1.165) is 10.7 Å². The largest absolute Gasteiger partial charge is 0.476 e. The third-order valence-electron chi connectivity index (χ3n) is 2.72. The van der Waals surface area contributed by atoms with Gasteiger partial charge in [0, 0.05) is 11.9 Å². The molecule has 0 aliphatic rings. The average molecular weight is 348 g/mol. The summed E-state index contributed by atoms with van der Waals surface area (Å²) in [4.78, 5) is 22.4. The van der Waals surface area contributed by atoms with Crippen molar-refractivity contribution >= 4 is 29.2 Å². The number of carboxylic acids is 1. The summed E-state index contributed by atoms with van der Waals surface area (Å²) in [5.41, 5.74) is -1.40. The second-order valence-electron chi connectivity index (χ2n) is 4.44. The summed E-state index contributed by atoms with van der Waals surface area (Å²) in [6.45, 7) is -0.350. The van der Waals surface area contributed by atoms with Gasteiger partial charge in [0.2, 0.25) is 5.91 Å². The fourth-order valence-corrected chi connectivity index (χ4v) is 1.96. The first-order valence-electron chi connectivity index (χ1n) is 6.10. The second kappa shape index (κ2) is 6.29. The van der Waals surface area contributed by atoms with Crippen LogP contribution in [-0.4, -0.2) is 26.8 Å². The Labute approximate surface area is 132 Å². The van der Waals surface area contributed by atoms with Crippen LogP contribution >= 0.6 is 11.6 Å². The number of rotatable bonds is 4. The standard InChI is InChI=1S/C13H9ClF3N3O3/c14-9-2-1-7(5-8(9)13(15,16)17)18-11(21)6-20-4-3-10(19-20)12(22)23/h1-5H,6H2,(H,18,21)(H,22,23). The molecule has 2 rings (SSSR count). The molecule has 122 valence electrons. The van der Waals surface area contributed by atoms with Gasteiger partial charge in [0.1, 0.15) is 6.54 Å². The molecular formula is C13H9ClF3N3O3. The predicted octanol–water partition coefficient (Wildman–Crippen LogP) is 2.89. The van der Waals surface area contributed by atoms with Crippen molar-refractivity contribution in [1.29, 1.82) is 0 Å². The van der Waals surface area contributed by atoms with Crippen LogP contribution in [0.1, 0.15) is 16.1 Å². The number of hydrogen-bond acceptors (Lipinski definition) is 3. The van der Waals surface area contributed by atoms with Crippen molar-refractivity contribution in [2.24, 2.45) is 0 Å². The first kappa shape index (κ1) is 16.8. The molecule has 2 aromatic rings. The monoisotopic (exact) mass is 347 g/mol. The molecule has 0 unspecified atom stereocenters. The molecule has 0 spiro atoms. The maximum absolute atomic E-state index is 12.7. The number of carboxylic acid groups (broad SMARTS) is 1. The van der Waals surface area contributed by atoms with Crippen LogP contribution in [0, 0.1) is 0 Å². The molecule has 0 bridgehead atoms. The molecule has 6 nitrogen and oxygen atoms in total. The smallest absolute Gasteiger partial charge is 0.417 e. The lowest BCUT2D eigenvalue weighted by Crippen LogP contribution is -2.20. The average Bonchev–Trinajstić information content (AvgIpc) is 2.88. The molecule has 0 aliphatic carbocycles. The molecule has 0 atom stereocenters. The molecular weight excluding hydrogens is 339 g/mol. The highest BCUT2D eigenvalue weighted by molar-refractivity contribution is 6.31. The number of carbonyl (C=O) groups is 2. The minimum Gasteiger partial charge on any atom is -0.476 e. The Bertz CT molecular complexity index is 758. The van der Waals surface area contributed by atoms with E-state index in [1.165, 1.54) is 18.3 Å². The minimum absolute atomic E-state index is 0.0858. The van der Waals surface area contributed by atoms with E-state index >= 15 is 0 Å². The lowest BCUT2D eigenvalue weighted by Gasteiger charge is -2.11. The van der Waals surface area contributed by atoms with Crippen molar-refractivity contribution in [3.63, 3.8) is 0 Å². The SMILES string of the molecule is O=C(Cn1ccc(C(=O)O)n1)Nc1ccc(Cl)c(C(F)(F)F)c1. The third-order valence-corrected chi connectivity index (χ3v) is 3.05. The quantitative estimate of drug-likeness (QED) is 0.890. The number of aromatic carboxylic acids is 1. The van der Waals surface area contributed by atoms with Gasteiger partial charge in [-0.3, -0.25) is 9.48 Å². The number of benzene rings is 1. The van der Waals surface area contributed by atoms with Gasteiger partial charge in [0.25, 0.3) is 0 Å². The lowest BCUT2D eigenvalue weighted by atomic mass is 10.2. The molecule has 0 aliphatic heterocycles. The number of anilines is 1. The lowest BCUT2D eigenvalue weighted by molar-refractivity contribution is -0.137. The maximum Gasteiger partial charge on any atom is 0.417 e. The molecule has 1 aromatic heterocycles. The molecule has 2 N–H and O–H groups in total. The molecule has 1 aromatic carbocycles. The van der Waals surface area contributed by atoms with Crippen molar-refractivity contribution in [3.8, 4) is 0 Å². The van der Waals surface area contributed by atoms with Crippen molar-refractivity contribution in [2.45, 2.75) is 12.7 Å². The summed E-state index contributed by atoms with van der Waals surface area (Å²) in [6, 6.07) is 4.16. The van der Waals surface area contributed by atoms with Crippen LogP contribution in [0.3, 0.4) is 0 Å². The van der Waals surface area contributed by atoms with E-state index in [4.69, 9.17) is 16.7 Å². The van der Waals surface area contributed by atoms with Gasteiger partial charge in [0.15, 0.2) is 5.69 Å². The van der Waals surface area contributed by atoms with Gasteiger partial charge >= 0.3 is 12.1 Å². The highest BCUT2D eigenvalue weighted by Crippen LogP contribution is 2.36. The van der Waals surface area contributed by atoms with Crippen LogP contribution in [0.2, 0.25) is 5.02 Å². The van der Waals surface area contributed by atoms with Crippen LogP contribution in [0.25, 0.3) is 0 Å². The van der Waals surface area contributed by atoms with Gasteiger partial charge in [-0.05, 0) is 24.3 Å². The number of carbonyl (C=O) groups excluding carboxylic acids is 1. The zero-order valence-corrected chi connectivity index (χ0v) is 12.0. The molecule has 0 saturated carbocycles. The normalized spacial score (nSPS) is 11.3. The summed E-state index contributed by atoms with van der Waals surface area (Å²) in [5.74, 6) is -1.92. The molecule has 0 radical (unpaired) electrons. The van der Waals surface area contributed by atoms with E-state index in [0.29, 0.717) is 6.07 Å². The Hall–Kier alpha value is -2.55. The summed E-state index contributed by atoms with van der Waals surface area (Å²) in [7, 11) is 0. The summed E-state index contributed by atoms with van der Waals surface area (Å²) >= 11 is 5.48. The van der Waals surface area contributed by atoms with E-state index in [2.05, 4.69) is 10.4 Å². The van der Waals surface area contributed by atoms with Crippen LogP contribution in [0.5, 0.6) is 0 Å². The van der Waals surface area contributed by atoms with Gasteiger partial charge < -0.3 is 10.4 Å². The van der Waals surface area contributed by atoms with Gasteiger partial charge in [-0.2, -0.15) is 18.3 Å². The third kappa shape index (κ3) is 4.22. The van der Waals surface area contributed by atoms with Crippen LogP contribution in [0.15, 0.2) is 30.5 Å². The number of nitrogens with one attached hydrogen (secondary N) is 1. The Morgan fingerprint density at radius 2 is 2.00 bits per heavy atom. The number of amides is 1. The Morgan fingerprint density at radius 3 is 2.57 bits per heavy atom. The molecule has 23 heavy (non-hydrogen) atoms. The van der Waals surface area contributed by atoms with Crippen molar-refractivity contribution < 1.29 is 27.9 Å². The zero-order chi connectivity index (χ0) is 17.2. The van der Waals surface area contributed by atoms with Crippen LogP contribution < -0.4 is 5.32 Å². The number of alkyl halides is 3. The number of hydrogen-bond donors (Lipinski definition) is 2. The van der Waals surface area contributed by atoms with Crippen molar-refractivity contribution in [2.75, 3.05) is 5.32 Å². The molecule has 1 heterocycles. The van der Waals surface area contributed by atoms with E-state index < -0.39 is 28.6 Å². The number of aromatic nitrogens is 2. The Morgan fingerprint density at radius 1 is 1.30 bits per heavy atom. The van der Waals surface area contributed by atoms with E-state index in [1.54, 1.807) is 0 Å². The Kier molecular flexibility index (Phi) is 4.60. The fourth-order valence-electron chi connectivity index (χ4n) is 1.73. The predicted molar refractivity (Wildman–Crippen MR) is 74.3 cm³/mol. The van der Waals surface area contributed by atoms with Crippen molar-refractivity contribution in [1.82, 2.24) is 9.78 Å². The Balaban J connectivity index is 2.09. The van der Waals surface area contributed by atoms with E-state index in [-0.39, 0.29) is 17.9 Å². The van der Waals surface area contributed by atoms with Gasteiger partial charge in [0.05, 0.1) is 10.6 Å². The first-order valence-corrected chi connectivity index (χ1v) is 6.48. The van der Waals surface area contributed by atoms with Crippen LogP contribution in [0.4, 0.5) is 18.9 Å². The van der Waals surface area contributed by atoms with Gasteiger partial charge in [-0.25, -0.2) is 4.79 Å². The molecule has 10 heteroatoms. The van der Waals surface area contributed by atoms with Crippen molar-refractivity contribution in [3.05, 3.63) is 46.7 Å². The maximum atomic E-state index is 12.7. The van der Waals surface area contributed by atoms with Gasteiger partial charge in [-0.1, -0.05) is 11.6 Å². The highest BCUT2D eigenvalue weighted by atomic mass is 35.5. The topological polar surface area (TPSA) is 84.2 Å². The summed E-state index contributed by atoms with van der Waals surface area (Å²) in [6.07, 6.45) is -3.37. The van der Waals surface area contributed by atoms with Crippen LogP contribution in [-0.2, 0) is 17.5 Å². The zero-order valence-electron chi connectivity index (χ0n) is 11.3. The van der Waals surface area contributed by atoms with Gasteiger partial charge in [-0.15, -0.1) is 0 Å². The molecule has 0 saturated heterocycles. The minimum atomic E-state index is -4.64. The molecule has 1 amide bonds. The summed E-state index contributed by atoms with van der Waals surface area (Å²) < 4.78 is 39.2. The number of nitrogens with zero attached hydrogens (tertiary/aromatic N) is 2. The van der Waals surface area contributed by atoms with E-state index in [1.807, 2.05) is 0 Å². The highest BCUT2D eigenvalue weighted by Gasteiger charge is 2.33. The number of halogens is 4. The fraction of sp³-hybridized carbons (Fsp3) is 0.154. The summed E-state index contributed by atoms with van der Waals surface area (Å²) in [5, 5.41) is 14.1.